The molecule has 1 amide bonds. The Labute approximate surface area is 135 Å². The summed E-state index contributed by atoms with van der Waals surface area (Å²) in [5.74, 6) is 0.987. The number of hydrogen-bond acceptors (Lipinski definition) is 4. The van der Waals surface area contributed by atoms with Crippen molar-refractivity contribution in [2.24, 2.45) is 0 Å². The van der Waals surface area contributed by atoms with Crippen LogP contribution in [0.1, 0.15) is 12.5 Å². The van der Waals surface area contributed by atoms with E-state index in [2.05, 4.69) is 22.7 Å². The summed E-state index contributed by atoms with van der Waals surface area (Å²) in [5, 5.41) is 3.24. The fourth-order valence-electron chi connectivity index (χ4n) is 1.62. The highest BCUT2D eigenvalue weighted by molar-refractivity contribution is 7.80. The molecule has 0 heterocycles. The molecule has 0 aliphatic rings. The van der Waals surface area contributed by atoms with Crippen LogP contribution in [-0.2, 0) is 11.2 Å². The van der Waals surface area contributed by atoms with Crippen molar-refractivity contribution in [1.29, 1.82) is 0 Å². The van der Waals surface area contributed by atoms with Gasteiger partial charge in [-0.1, -0.05) is 18.2 Å². The quantitative estimate of drug-likeness (QED) is 0.417. The minimum absolute atomic E-state index is 0.191. The average molecular weight is 323 g/mol. The Balaban J connectivity index is 2.48. The topological polar surface area (TPSA) is 71.6 Å². The lowest BCUT2D eigenvalue weighted by atomic mass is 10.1. The first-order chi connectivity index (χ1) is 10.5. The predicted octanol–water partition coefficient (Wildman–Crippen LogP) is 1.32. The van der Waals surface area contributed by atoms with E-state index in [1.165, 1.54) is 0 Å². The first kappa shape index (κ1) is 17.8. The monoisotopic (exact) mass is 323 g/mol. The van der Waals surface area contributed by atoms with Crippen molar-refractivity contribution in [1.82, 2.24) is 16.2 Å². The van der Waals surface area contributed by atoms with Crippen molar-refractivity contribution in [3.8, 4) is 11.5 Å². The van der Waals surface area contributed by atoms with Crippen LogP contribution in [0.15, 0.2) is 30.4 Å². The number of nitrogens with one attached hydrogen (secondary N) is 3. The summed E-state index contributed by atoms with van der Waals surface area (Å²) in [5.41, 5.74) is 6.91. The number of thiocarbonyl (C=S) groups is 1. The maximum Gasteiger partial charge on any atom is 0.242 e. The van der Waals surface area contributed by atoms with Crippen LogP contribution in [-0.4, -0.2) is 31.8 Å². The van der Waals surface area contributed by atoms with E-state index in [-0.39, 0.29) is 12.3 Å². The zero-order valence-electron chi connectivity index (χ0n) is 13.0. The van der Waals surface area contributed by atoms with Crippen LogP contribution >= 0.6 is 12.2 Å². The smallest absolute Gasteiger partial charge is 0.242 e. The SMILES string of the molecule is C=C(C)CNC(=S)NNC(=O)Cc1ccc(OC)c(OC)c1. The van der Waals surface area contributed by atoms with Gasteiger partial charge >= 0.3 is 0 Å². The fourth-order valence-corrected chi connectivity index (χ4v) is 1.75. The van der Waals surface area contributed by atoms with Crippen molar-refractivity contribution >= 4 is 23.2 Å². The number of hydrogen-bond donors (Lipinski definition) is 3. The second kappa shape index (κ2) is 8.89. The molecule has 0 atom stereocenters. The number of amides is 1. The number of methoxy groups -OCH3 is 2. The summed E-state index contributed by atoms with van der Waals surface area (Å²) in [6.07, 6.45) is 0.191. The van der Waals surface area contributed by atoms with Gasteiger partial charge in [-0.05, 0) is 36.8 Å². The number of benzene rings is 1. The Bertz CT molecular complexity index is 561. The van der Waals surface area contributed by atoms with Gasteiger partial charge in [0.05, 0.1) is 20.6 Å². The van der Waals surface area contributed by atoms with E-state index in [0.717, 1.165) is 11.1 Å². The number of hydrazine groups is 1. The largest absolute Gasteiger partial charge is 0.493 e. The molecule has 1 aromatic rings. The van der Waals surface area contributed by atoms with E-state index in [1.54, 1.807) is 32.4 Å². The Morgan fingerprint density at radius 2 is 1.91 bits per heavy atom. The van der Waals surface area contributed by atoms with E-state index in [0.29, 0.717) is 23.2 Å². The molecule has 22 heavy (non-hydrogen) atoms. The highest BCUT2D eigenvalue weighted by Crippen LogP contribution is 2.27. The number of carbonyl (C=O) groups excluding carboxylic acids is 1. The van der Waals surface area contributed by atoms with Crippen LogP contribution in [0, 0.1) is 0 Å². The number of ether oxygens (including phenoxy) is 2. The third-order valence-electron chi connectivity index (χ3n) is 2.68. The van der Waals surface area contributed by atoms with Gasteiger partial charge < -0.3 is 14.8 Å². The molecule has 0 fully saturated rings. The van der Waals surface area contributed by atoms with Gasteiger partial charge in [-0.15, -0.1) is 0 Å². The van der Waals surface area contributed by atoms with Gasteiger partial charge in [-0.2, -0.15) is 0 Å². The highest BCUT2D eigenvalue weighted by Gasteiger charge is 2.08. The summed E-state index contributed by atoms with van der Waals surface area (Å²) < 4.78 is 10.4. The molecule has 0 unspecified atom stereocenters. The Morgan fingerprint density at radius 3 is 2.50 bits per heavy atom. The van der Waals surface area contributed by atoms with Crippen molar-refractivity contribution < 1.29 is 14.3 Å². The first-order valence-electron chi connectivity index (χ1n) is 6.64. The second-order valence-electron chi connectivity index (χ2n) is 4.68. The van der Waals surface area contributed by atoms with Gasteiger partial charge in [0.15, 0.2) is 16.6 Å². The minimum Gasteiger partial charge on any atom is -0.493 e. The molecular formula is C15H21N3O3S. The van der Waals surface area contributed by atoms with Crippen LogP contribution in [0.5, 0.6) is 11.5 Å². The molecule has 1 aromatic carbocycles. The summed E-state index contributed by atoms with van der Waals surface area (Å²) >= 11 is 5.01. The normalized spacial score (nSPS) is 9.59. The molecule has 0 bridgehead atoms. The van der Waals surface area contributed by atoms with E-state index < -0.39 is 0 Å². The third kappa shape index (κ3) is 6.01. The molecule has 0 spiro atoms. The van der Waals surface area contributed by atoms with E-state index in [1.807, 2.05) is 6.92 Å². The van der Waals surface area contributed by atoms with Gasteiger partial charge in [-0.3, -0.25) is 15.6 Å². The summed E-state index contributed by atoms with van der Waals surface area (Å²) in [6, 6.07) is 5.32. The van der Waals surface area contributed by atoms with Crippen LogP contribution in [0.4, 0.5) is 0 Å². The zero-order chi connectivity index (χ0) is 16.5. The van der Waals surface area contributed by atoms with Gasteiger partial charge in [0.1, 0.15) is 0 Å². The molecule has 0 aromatic heterocycles. The molecule has 0 aliphatic carbocycles. The molecule has 0 saturated carbocycles. The fraction of sp³-hybridized carbons (Fsp3) is 0.333. The number of carbonyl (C=O) groups is 1. The molecule has 120 valence electrons. The Hall–Kier alpha value is -2.28. The van der Waals surface area contributed by atoms with Crippen LogP contribution in [0.2, 0.25) is 0 Å². The average Bonchev–Trinajstić information content (AvgIpc) is 2.50. The lowest BCUT2D eigenvalue weighted by molar-refractivity contribution is -0.121. The summed E-state index contributed by atoms with van der Waals surface area (Å²) in [7, 11) is 3.11. The molecule has 0 radical (unpaired) electrons. The van der Waals surface area contributed by atoms with Gasteiger partial charge in [0.25, 0.3) is 0 Å². The van der Waals surface area contributed by atoms with Crippen molar-refractivity contribution in [3.63, 3.8) is 0 Å². The van der Waals surface area contributed by atoms with E-state index in [9.17, 15) is 4.79 Å². The van der Waals surface area contributed by atoms with Crippen molar-refractivity contribution in [2.45, 2.75) is 13.3 Å². The standard InChI is InChI=1S/C15H21N3O3S/c1-10(2)9-16-15(22)18-17-14(19)8-11-5-6-12(20-3)13(7-11)21-4/h5-7H,1,8-9H2,2-4H3,(H,17,19)(H2,16,18,22). The first-order valence-corrected chi connectivity index (χ1v) is 7.05. The maximum atomic E-state index is 11.9. The lowest BCUT2D eigenvalue weighted by Gasteiger charge is -2.12. The van der Waals surface area contributed by atoms with E-state index >= 15 is 0 Å². The lowest BCUT2D eigenvalue weighted by Crippen LogP contribution is -2.47. The highest BCUT2D eigenvalue weighted by atomic mass is 32.1. The number of rotatable bonds is 6. The predicted molar refractivity (Wildman–Crippen MR) is 89.9 cm³/mol. The van der Waals surface area contributed by atoms with Gasteiger partial charge in [-0.25, -0.2) is 0 Å². The molecule has 6 nitrogen and oxygen atoms in total. The maximum absolute atomic E-state index is 11.9. The van der Waals surface area contributed by atoms with Crippen LogP contribution in [0.25, 0.3) is 0 Å². The van der Waals surface area contributed by atoms with Crippen LogP contribution in [0.3, 0.4) is 0 Å². The third-order valence-corrected chi connectivity index (χ3v) is 2.93. The molecule has 3 N–H and O–H groups in total. The molecule has 1 rings (SSSR count). The molecule has 0 saturated heterocycles. The van der Waals surface area contributed by atoms with Gasteiger partial charge in [0.2, 0.25) is 5.91 Å². The van der Waals surface area contributed by atoms with Crippen molar-refractivity contribution in [2.75, 3.05) is 20.8 Å². The Kier molecular flexibility index (Phi) is 7.18. The molecular weight excluding hydrogens is 302 g/mol. The van der Waals surface area contributed by atoms with Crippen LogP contribution < -0.4 is 25.6 Å². The minimum atomic E-state index is -0.216. The van der Waals surface area contributed by atoms with E-state index in [4.69, 9.17) is 21.7 Å². The zero-order valence-corrected chi connectivity index (χ0v) is 13.8. The molecule has 7 heteroatoms. The second-order valence-corrected chi connectivity index (χ2v) is 5.09. The summed E-state index contributed by atoms with van der Waals surface area (Å²) in [4.78, 5) is 11.9. The molecule has 0 aliphatic heterocycles. The van der Waals surface area contributed by atoms with Crippen molar-refractivity contribution in [3.05, 3.63) is 35.9 Å². The summed E-state index contributed by atoms with van der Waals surface area (Å²) in [6.45, 7) is 6.18. The Morgan fingerprint density at radius 1 is 1.23 bits per heavy atom. The van der Waals surface area contributed by atoms with Gasteiger partial charge in [0, 0.05) is 6.54 Å².